The van der Waals surface area contributed by atoms with E-state index < -0.39 is 24.0 Å². The maximum absolute atomic E-state index is 12.8. The fourth-order valence-electron chi connectivity index (χ4n) is 4.16. The summed E-state index contributed by atoms with van der Waals surface area (Å²) in [5.41, 5.74) is 4.76. The van der Waals surface area contributed by atoms with E-state index in [2.05, 4.69) is 34.6 Å². The zero-order chi connectivity index (χ0) is 24.8. The van der Waals surface area contributed by atoms with Crippen LogP contribution in [0.5, 0.6) is 0 Å². The minimum Gasteiger partial charge on any atom is -0.478 e. The molecule has 0 radical (unpaired) electrons. The molecule has 0 aliphatic heterocycles. The molecule has 0 fully saturated rings. The van der Waals surface area contributed by atoms with Crippen LogP contribution in [0.2, 0.25) is 0 Å². The molecule has 0 heterocycles. The second-order valence-corrected chi connectivity index (χ2v) is 8.03. The second-order valence-electron chi connectivity index (χ2n) is 8.03. The Bertz CT molecular complexity index is 1290. The lowest BCUT2D eigenvalue weighted by atomic mass is 9.98. The first-order chi connectivity index (χ1) is 17.0. The largest absolute Gasteiger partial charge is 0.478 e. The van der Waals surface area contributed by atoms with Crippen LogP contribution in [0.25, 0.3) is 11.1 Å². The van der Waals surface area contributed by atoms with E-state index in [1.165, 1.54) is 18.2 Å². The molecule has 1 aliphatic rings. The zero-order valence-corrected chi connectivity index (χ0v) is 19.1. The van der Waals surface area contributed by atoms with E-state index in [1.807, 2.05) is 36.4 Å². The number of carbonyl (C=O) groups excluding carboxylic acids is 2. The van der Waals surface area contributed by atoms with Gasteiger partial charge in [-0.15, -0.1) is 11.8 Å². The average molecular weight is 469 g/mol. The highest BCUT2D eigenvalue weighted by Gasteiger charge is 2.29. The van der Waals surface area contributed by atoms with E-state index in [1.54, 1.807) is 13.0 Å². The van der Waals surface area contributed by atoms with Gasteiger partial charge < -0.3 is 20.5 Å². The van der Waals surface area contributed by atoms with Crippen molar-refractivity contribution >= 4 is 23.7 Å². The number of hydrogen-bond acceptors (Lipinski definition) is 4. The highest BCUT2D eigenvalue weighted by molar-refractivity contribution is 5.98. The molecule has 0 spiro atoms. The number of nitrogens with one attached hydrogen (secondary N) is 2. The van der Waals surface area contributed by atoms with Gasteiger partial charge in [-0.3, -0.25) is 4.79 Å². The van der Waals surface area contributed by atoms with Gasteiger partial charge in [0.25, 0.3) is 0 Å². The molecular formula is C28H24N2O5. The van der Waals surface area contributed by atoms with Crippen LogP contribution in [0.1, 0.15) is 40.7 Å². The fraction of sp³-hybridized carbons (Fsp3) is 0.179. The summed E-state index contributed by atoms with van der Waals surface area (Å²) < 4.78 is 5.55. The Hall–Kier alpha value is -4.57. The van der Waals surface area contributed by atoms with Crippen molar-refractivity contribution in [2.24, 2.45) is 0 Å². The van der Waals surface area contributed by atoms with E-state index in [0.717, 1.165) is 22.3 Å². The van der Waals surface area contributed by atoms with Gasteiger partial charge in [0.05, 0.1) is 5.56 Å². The lowest BCUT2D eigenvalue weighted by molar-refractivity contribution is -0.118. The number of hydrogen-bond donors (Lipinski definition) is 3. The molecule has 3 aromatic carbocycles. The van der Waals surface area contributed by atoms with Gasteiger partial charge in [0.15, 0.2) is 0 Å². The average Bonchev–Trinajstić information content (AvgIpc) is 3.19. The molecule has 7 nitrogen and oxygen atoms in total. The number of anilines is 1. The van der Waals surface area contributed by atoms with Crippen LogP contribution in [-0.2, 0) is 9.53 Å². The smallest absolute Gasteiger partial charge is 0.407 e. The monoisotopic (exact) mass is 468 g/mol. The molecule has 0 bridgehead atoms. The highest BCUT2D eigenvalue weighted by Crippen LogP contribution is 2.44. The number of ether oxygens (including phenoxy) is 1. The minimum absolute atomic E-state index is 0.0391. The number of carboxylic acids is 1. The molecule has 1 aliphatic carbocycles. The Morgan fingerprint density at radius 2 is 1.63 bits per heavy atom. The first-order valence-electron chi connectivity index (χ1n) is 11.1. The number of alkyl carbamates (subject to hydrolysis) is 1. The van der Waals surface area contributed by atoms with Gasteiger partial charge in [0, 0.05) is 18.0 Å². The van der Waals surface area contributed by atoms with E-state index >= 15 is 0 Å². The molecular weight excluding hydrogens is 444 g/mol. The summed E-state index contributed by atoms with van der Waals surface area (Å²) in [6.07, 6.45) is -0.658. The highest BCUT2D eigenvalue weighted by atomic mass is 16.5. The maximum atomic E-state index is 12.8. The normalized spacial score (nSPS) is 12.4. The van der Waals surface area contributed by atoms with Crippen LogP contribution in [0.4, 0.5) is 10.5 Å². The van der Waals surface area contributed by atoms with Crippen molar-refractivity contribution in [3.8, 4) is 23.0 Å². The van der Waals surface area contributed by atoms with Crippen LogP contribution < -0.4 is 10.6 Å². The third kappa shape index (κ3) is 5.33. The molecule has 1 atom stereocenters. The summed E-state index contributed by atoms with van der Waals surface area (Å²) in [4.78, 5) is 36.7. The van der Waals surface area contributed by atoms with Crippen molar-refractivity contribution in [3.05, 3.63) is 89.5 Å². The number of amides is 2. The SMILES string of the molecule is CC#CCC(NC(=O)OCC1c2ccccc2-c2ccccc21)C(=O)Nc1cccc(C(=O)O)c1. The van der Waals surface area contributed by atoms with Crippen molar-refractivity contribution in [1.82, 2.24) is 5.32 Å². The predicted octanol–water partition coefficient (Wildman–Crippen LogP) is 4.64. The van der Waals surface area contributed by atoms with Gasteiger partial charge in [-0.1, -0.05) is 54.6 Å². The summed E-state index contributed by atoms with van der Waals surface area (Å²) in [6, 6.07) is 20.9. The number of fused-ring (bicyclic) bond motifs is 3. The maximum Gasteiger partial charge on any atom is 0.407 e. The van der Waals surface area contributed by atoms with Crippen LogP contribution in [0.3, 0.4) is 0 Å². The van der Waals surface area contributed by atoms with E-state index in [0.29, 0.717) is 5.69 Å². The van der Waals surface area contributed by atoms with Crippen LogP contribution in [-0.4, -0.2) is 35.7 Å². The third-order valence-corrected chi connectivity index (χ3v) is 5.81. The molecule has 1 unspecified atom stereocenters. The Morgan fingerprint density at radius 3 is 2.26 bits per heavy atom. The predicted molar refractivity (Wildman–Crippen MR) is 132 cm³/mol. The number of benzene rings is 3. The summed E-state index contributed by atoms with van der Waals surface area (Å²) in [6.45, 7) is 1.76. The number of carbonyl (C=O) groups is 3. The Balaban J connectivity index is 1.43. The van der Waals surface area contributed by atoms with Crippen LogP contribution >= 0.6 is 0 Å². The Labute approximate surface area is 203 Å². The van der Waals surface area contributed by atoms with Crippen LogP contribution in [0.15, 0.2) is 72.8 Å². The molecule has 0 saturated heterocycles. The molecule has 7 heteroatoms. The van der Waals surface area contributed by atoms with Crippen molar-refractivity contribution in [2.45, 2.75) is 25.3 Å². The van der Waals surface area contributed by atoms with E-state index in [-0.39, 0.29) is 24.5 Å². The molecule has 0 saturated carbocycles. The number of rotatable bonds is 7. The van der Waals surface area contributed by atoms with Crippen LogP contribution in [0, 0.1) is 11.8 Å². The van der Waals surface area contributed by atoms with Gasteiger partial charge >= 0.3 is 12.1 Å². The first kappa shape index (κ1) is 23.6. The molecule has 3 N–H and O–H groups in total. The lowest BCUT2D eigenvalue weighted by Crippen LogP contribution is -2.44. The minimum atomic E-state index is -1.11. The van der Waals surface area contributed by atoms with Gasteiger partial charge in [0.1, 0.15) is 12.6 Å². The molecule has 35 heavy (non-hydrogen) atoms. The summed E-state index contributed by atoms with van der Waals surface area (Å²) in [5.74, 6) is 3.78. The van der Waals surface area contributed by atoms with Gasteiger partial charge in [0.2, 0.25) is 5.91 Å². The Kier molecular flexibility index (Phi) is 7.12. The van der Waals surface area contributed by atoms with Crippen molar-refractivity contribution in [1.29, 1.82) is 0 Å². The summed E-state index contributed by atoms with van der Waals surface area (Å²) >= 11 is 0. The molecule has 4 rings (SSSR count). The zero-order valence-electron chi connectivity index (χ0n) is 19.1. The van der Waals surface area contributed by atoms with Gasteiger partial charge in [-0.2, -0.15) is 0 Å². The van der Waals surface area contributed by atoms with Gasteiger partial charge in [-0.25, -0.2) is 9.59 Å². The quantitative estimate of drug-likeness (QED) is 0.438. The molecule has 2 amide bonds. The summed E-state index contributed by atoms with van der Waals surface area (Å²) in [5, 5.41) is 14.4. The Morgan fingerprint density at radius 1 is 0.971 bits per heavy atom. The topological polar surface area (TPSA) is 105 Å². The lowest BCUT2D eigenvalue weighted by Gasteiger charge is -2.18. The van der Waals surface area contributed by atoms with E-state index in [9.17, 15) is 14.4 Å². The van der Waals surface area contributed by atoms with Gasteiger partial charge in [-0.05, 0) is 47.4 Å². The number of aromatic carboxylic acids is 1. The molecule has 3 aromatic rings. The van der Waals surface area contributed by atoms with Crippen molar-refractivity contribution in [2.75, 3.05) is 11.9 Å². The molecule has 0 aromatic heterocycles. The van der Waals surface area contributed by atoms with Crippen molar-refractivity contribution in [3.63, 3.8) is 0 Å². The third-order valence-electron chi connectivity index (χ3n) is 5.81. The fourth-order valence-corrected chi connectivity index (χ4v) is 4.16. The summed E-state index contributed by atoms with van der Waals surface area (Å²) in [7, 11) is 0. The first-order valence-corrected chi connectivity index (χ1v) is 11.1. The number of carboxylic acid groups (broad SMARTS) is 1. The van der Waals surface area contributed by atoms with E-state index in [4.69, 9.17) is 9.84 Å². The second kappa shape index (κ2) is 10.6. The standard InChI is InChI=1S/C28H24N2O5/c1-2-3-15-25(26(31)29-19-10-8-9-18(16-19)27(32)33)30-28(34)35-17-24-22-13-6-4-11-20(22)21-12-5-7-14-23(21)24/h4-14,16,24-25H,15,17H2,1H3,(H,29,31)(H,30,34)(H,32,33). The van der Waals surface area contributed by atoms with Crippen molar-refractivity contribution < 1.29 is 24.2 Å². The molecule has 176 valence electrons.